The lowest BCUT2D eigenvalue weighted by molar-refractivity contribution is 0.251. The first kappa shape index (κ1) is 16.5. The number of hydrogen-bond donors (Lipinski definition) is 2. The van der Waals surface area contributed by atoms with E-state index in [1.54, 1.807) is 11.3 Å². The second-order valence-corrected chi connectivity index (χ2v) is 6.97. The van der Waals surface area contributed by atoms with Crippen LogP contribution in [0.5, 0.6) is 0 Å². The largest absolute Gasteiger partial charge is 0.333 e. The van der Waals surface area contributed by atoms with Gasteiger partial charge in [-0.2, -0.15) is 0 Å². The van der Waals surface area contributed by atoms with Crippen molar-refractivity contribution in [3.05, 3.63) is 57.9 Å². The molecule has 2 amide bonds. The number of benzene rings is 1. The zero-order chi connectivity index (χ0) is 17.1. The van der Waals surface area contributed by atoms with Crippen LogP contribution in [0.15, 0.2) is 35.7 Å². The summed E-state index contributed by atoms with van der Waals surface area (Å²) >= 11 is 3.09. The molecule has 2 N–H and O–H groups in total. The Balaban J connectivity index is 1.63. The lowest BCUT2D eigenvalue weighted by Gasteiger charge is -2.08. The van der Waals surface area contributed by atoms with E-state index in [0.29, 0.717) is 0 Å². The molecule has 0 fully saturated rings. The highest BCUT2D eigenvalue weighted by Crippen LogP contribution is 2.30. The van der Waals surface area contributed by atoms with Crippen LogP contribution in [0, 0.1) is 18.6 Å². The van der Waals surface area contributed by atoms with Gasteiger partial charge < -0.3 is 10.6 Å². The number of rotatable bonds is 4. The first-order valence-electron chi connectivity index (χ1n) is 7.03. The van der Waals surface area contributed by atoms with Crippen molar-refractivity contribution in [3.63, 3.8) is 0 Å². The molecule has 2 heterocycles. The Bertz CT molecular complexity index is 862. The molecule has 0 spiro atoms. The van der Waals surface area contributed by atoms with E-state index in [-0.39, 0.29) is 12.2 Å². The Morgan fingerprint density at radius 2 is 2.12 bits per heavy atom. The van der Waals surface area contributed by atoms with Crippen LogP contribution in [0.3, 0.4) is 0 Å². The van der Waals surface area contributed by atoms with Gasteiger partial charge >= 0.3 is 6.03 Å². The normalized spacial score (nSPS) is 10.6. The van der Waals surface area contributed by atoms with Crippen LogP contribution in [0.4, 0.5) is 19.3 Å². The molecule has 0 saturated carbocycles. The number of nitrogens with zero attached hydrogens (tertiary/aromatic N) is 1. The molecule has 8 heteroatoms. The van der Waals surface area contributed by atoms with Crippen molar-refractivity contribution < 1.29 is 13.6 Å². The Morgan fingerprint density at radius 1 is 1.29 bits per heavy atom. The van der Waals surface area contributed by atoms with Gasteiger partial charge in [0.05, 0.1) is 22.8 Å². The lowest BCUT2D eigenvalue weighted by atomic mass is 10.3. The predicted molar refractivity (Wildman–Crippen MR) is 92.4 cm³/mol. The highest BCUT2D eigenvalue weighted by Gasteiger charge is 2.12. The molecule has 0 aliphatic carbocycles. The van der Waals surface area contributed by atoms with E-state index in [1.807, 2.05) is 24.4 Å². The Labute approximate surface area is 145 Å². The number of anilines is 1. The summed E-state index contributed by atoms with van der Waals surface area (Å²) in [5, 5.41) is 7.80. The van der Waals surface area contributed by atoms with Crippen LogP contribution in [0.2, 0.25) is 0 Å². The van der Waals surface area contributed by atoms with Gasteiger partial charge in [-0.25, -0.2) is 18.6 Å². The summed E-state index contributed by atoms with van der Waals surface area (Å²) in [6.07, 6.45) is 0. The number of halogens is 2. The minimum absolute atomic E-state index is 0.201. The number of thiophene rings is 1. The van der Waals surface area contributed by atoms with Gasteiger partial charge in [0.25, 0.3) is 0 Å². The maximum Gasteiger partial charge on any atom is 0.319 e. The minimum Gasteiger partial charge on any atom is -0.333 e. The molecule has 2 aromatic heterocycles. The summed E-state index contributed by atoms with van der Waals surface area (Å²) in [6, 6.07) is 6.22. The molecule has 0 saturated heterocycles. The molecule has 0 atom stereocenters. The first-order chi connectivity index (χ1) is 11.5. The SMILES string of the molecule is Cc1nc(-c2cccs2)sc1CNC(=O)Nc1cc(F)ccc1F. The number of nitrogens with one attached hydrogen (secondary N) is 2. The summed E-state index contributed by atoms with van der Waals surface area (Å²) in [5.41, 5.74) is 0.633. The summed E-state index contributed by atoms with van der Waals surface area (Å²) in [4.78, 5) is 18.3. The minimum atomic E-state index is -0.694. The second-order valence-electron chi connectivity index (χ2n) is 4.94. The van der Waals surface area contributed by atoms with Gasteiger partial charge in [-0.3, -0.25) is 0 Å². The standard InChI is InChI=1S/C16H13F2N3OS2/c1-9-14(24-15(20-9)13-3-2-6-23-13)8-19-16(22)21-12-7-10(17)4-5-11(12)18/h2-7H,8H2,1H3,(H2,19,21,22). The Kier molecular flexibility index (Phi) is 4.86. The highest BCUT2D eigenvalue weighted by atomic mass is 32.1. The molecule has 4 nitrogen and oxygen atoms in total. The zero-order valence-corrected chi connectivity index (χ0v) is 14.2. The lowest BCUT2D eigenvalue weighted by Crippen LogP contribution is -2.28. The summed E-state index contributed by atoms with van der Waals surface area (Å²) in [5.74, 6) is -1.31. The number of thiazole rings is 1. The zero-order valence-electron chi connectivity index (χ0n) is 12.6. The van der Waals surface area contributed by atoms with Crippen molar-refractivity contribution in [1.82, 2.24) is 10.3 Å². The van der Waals surface area contributed by atoms with E-state index in [2.05, 4.69) is 15.6 Å². The van der Waals surface area contributed by atoms with Crippen LogP contribution in [0.1, 0.15) is 10.6 Å². The van der Waals surface area contributed by atoms with Crippen LogP contribution in [0.25, 0.3) is 9.88 Å². The number of urea groups is 1. The maximum absolute atomic E-state index is 13.5. The molecule has 24 heavy (non-hydrogen) atoms. The van der Waals surface area contributed by atoms with Crippen LogP contribution < -0.4 is 10.6 Å². The van der Waals surface area contributed by atoms with Crippen molar-refractivity contribution in [3.8, 4) is 9.88 Å². The molecule has 0 bridgehead atoms. The van der Waals surface area contributed by atoms with Crippen molar-refractivity contribution in [2.45, 2.75) is 13.5 Å². The third-order valence-corrected chi connectivity index (χ3v) is 5.41. The number of amides is 2. The molecule has 1 aromatic carbocycles. The summed E-state index contributed by atoms with van der Waals surface area (Å²) < 4.78 is 26.6. The third kappa shape index (κ3) is 3.77. The van der Waals surface area contributed by atoms with Gasteiger partial charge in [0.2, 0.25) is 0 Å². The Hall–Kier alpha value is -2.32. The van der Waals surface area contributed by atoms with Crippen LogP contribution in [-0.2, 0) is 6.54 Å². The van der Waals surface area contributed by atoms with Gasteiger partial charge in [0.1, 0.15) is 16.6 Å². The van der Waals surface area contributed by atoms with E-state index in [0.717, 1.165) is 38.7 Å². The second kappa shape index (κ2) is 7.06. The fraction of sp³-hybridized carbons (Fsp3) is 0.125. The van der Waals surface area contributed by atoms with Crippen molar-refractivity contribution in [1.29, 1.82) is 0 Å². The number of hydrogen-bond acceptors (Lipinski definition) is 4. The fourth-order valence-corrected chi connectivity index (χ4v) is 3.82. The van der Waals surface area contributed by atoms with Crippen molar-refractivity contribution in [2.24, 2.45) is 0 Å². The molecular weight excluding hydrogens is 352 g/mol. The van der Waals surface area contributed by atoms with E-state index in [1.165, 1.54) is 11.3 Å². The van der Waals surface area contributed by atoms with Gasteiger partial charge in [-0.15, -0.1) is 22.7 Å². The first-order valence-corrected chi connectivity index (χ1v) is 8.72. The van der Waals surface area contributed by atoms with Crippen LogP contribution >= 0.6 is 22.7 Å². The summed E-state index contributed by atoms with van der Waals surface area (Å²) in [6.45, 7) is 2.13. The van der Waals surface area contributed by atoms with E-state index < -0.39 is 17.7 Å². The fourth-order valence-electron chi connectivity index (χ4n) is 2.02. The predicted octanol–water partition coefficient (Wildman–Crippen LogP) is 4.78. The number of aryl methyl sites for hydroxylation is 1. The molecule has 124 valence electrons. The van der Waals surface area contributed by atoms with Crippen molar-refractivity contribution in [2.75, 3.05) is 5.32 Å². The molecule has 3 rings (SSSR count). The quantitative estimate of drug-likeness (QED) is 0.699. The average Bonchev–Trinajstić information content (AvgIpc) is 3.18. The van der Waals surface area contributed by atoms with Gasteiger partial charge in [0.15, 0.2) is 0 Å². The highest BCUT2D eigenvalue weighted by molar-refractivity contribution is 7.21. The molecule has 0 unspecified atom stereocenters. The topological polar surface area (TPSA) is 54.0 Å². The van der Waals surface area contributed by atoms with Gasteiger partial charge in [-0.05, 0) is 30.5 Å². The molecule has 0 aliphatic rings. The maximum atomic E-state index is 13.5. The molecular formula is C16H13F2N3OS2. The van der Waals surface area contributed by atoms with Gasteiger partial charge in [0, 0.05) is 10.9 Å². The number of aromatic nitrogens is 1. The number of carbonyl (C=O) groups excluding carboxylic acids is 1. The number of carbonyl (C=O) groups is 1. The molecule has 0 aliphatic heterocycles. The molecule has 0 radical (unpaired) electrons. The summed E-state index contributed by atoms with van der Waals surface area (Å²) in [7, 11) is 0. The van der Waals surface area contributed by atoms with E-state index >= 15 is 0 Å². The van der Waals surface area contributed by atoms with Crippen molar-refractivity contribution >= 4 is 34.4 Å². The Morgan fingerprint density at radius 3 is 2.88 bits per heavy atom. The smallest absolute Gasteiger partial charge is 0.319 e. The van der Waals surface area contributed by atoms with E-state index in [9.17, 15) is 13.6 Å². The van der Waals surface area contributed by atoms with Gasteiger partial charge in [-0.1, -0.05) is 6.07 Å². The van der Waals surface area contributed by atoms with E-state index in [4.69, 9.17) is 0 Å². The monoisotopic (exact) mass is 365 g/mol. The third-order valence-electron chi connectivity index (χ3n) is 3.21. The average molecular weight is 365 g/mol. The molecule has 3 aromatic rings. The van der Waals surface area contributed by atoms with Crippen LogP contribution in [-0.4, -0.2) is 11.0 Å².